The predicted octanol–water partition coefficient (Wildman–Crippen LogP) is 8.95. The van der Waals surface area contributed by atoms with E-state index in [1.54, 1.807) is 18.5 Å². The zero-order valence-electron chi connectivity index (χ0n) is 24.9. The first-order valence-electron chi connectivity index (χ1n) is 14.2. The van der Waals surface area contributed by atoms with E-state index in [1.165, 1.54) is 0 Å². The van der Waals surface area contributed by atoms with Crippen LogP contribution in [0.25, 0.3) is 22.3 Å². The Kier molecular flexibility index (Phi) is 8.68. The average molecular weight is 553 g/mol. The highest BCUT2D eigenvalue weighted by Gasteiger charge is 2.18. The Hall–Kier alpha value is -4.90. The summed E-state index contributed by atoms with van der Waals surface area (Å²) in [5, 5.41) is 11.2. The molecule has 5 rings (SSSR count). The van der Waals surface area contributed by atoms with Crippen LogP contribution in [0.1, 0.15) is 39.2 Å². The molecule has 2 aromatic heterocycles. The third-order valence-corrected chi connectivity index (χ3v) is 7.45. The van der Waals surface area contributed by atoms with Gasteiger partial charge in [-0.15, -0.1) is 0 Å². The minimum Gasteiger partial charge on any atom is -0.507 e. The normalized spacial score (nSPS) is 11.5. The summed E-state index contributed by atoms with van der Waals surface area (Å²) < 4.78 is 0. The molecular weight excluding hydrogens is 516 g/mol. The molecule has 0 bridgehead atoms. The molecule has 0 amide bonds. The summed E-state index contributed by atoms with van der Waals surface area (Å²) in [6.45, 7) is 10.4. The van der Waals surface area contributed by atoms with Crippen molar-refractivity contribution >= 4 is 23.8 Å². The third-order valence-electron chi connectivity index (χ3n) is 7.45. The van der Waals surface area contributed by atoms with Crippen LogP contribution >= 0.6 is 0 Å². The molecule has 1 N–H and O–H groups in total. The molecule has 210 valence electrons. The minimum absolute atomic E-state index is 0.258. The van der Waals surface area contributed by atoms with Crippen molar-refractivity contribution in [1.29, 1.82) is 0 Å². The molecule has 0 atom stereocenters. The van der Waals surface area contributed by atoms with Crippen LogP contribution in [0.4, 0.5) is 11.4 Å². The van der Waals surface area contributed by atoms with Gasteiger partial charge < -0.3 is 5.11 Å². The molecule has 0 saturated carbocycles. The van der Waals surface area contributed by atoms with Crippen molar-refractivity contribution in [3.63, 3.8) is 0 Å². The number of phenols is 1. The molecule has 0 radical (unpaired) electrons. The van der Waals surface area contributed by atoms with Gasteiger partial charge >= 0.3 is 0 Å². The Morgan fingerprint density at radius 3 is 1.45 bits per heavy atom. The first kappa shape index (κ1) is 28.6. The molecule has 0 fully saturated rings. The van der Waals surface area contributed by atoms with Gasteiger partial charge in [-0.05, 0) is 134 Å². The van der Waals surface area contributed by atoms with Crippen molar-refractivity contribution in [2.45, 2.75) is 47.5 Å². The van der Waals surface area contributed by atoms with E-state index in [0.29, 0.717) is 12.8 Å². The topological polar surface area (TPSA) is 70.7 Å². The van der Waals surface area contributed by atoms with Crippen molar-refractivity contribution < 1.29 is 5.11 Å². The first-order chi connectivity index (χ1) is 20.3. The highest BCUT2D eigenvalue weighted by molar-refractivity contribution is 5.91. The maximum Gasteiger partial charge on any atom is 0.124 e. The van der Waals surface area contributed by atoms with Crippen LogP contribution in [0.5, 0.6) is 5.75 Å². The van der Waals surface area contributed by atoms with Crippen LogP contribution in [-0.2, 0) is 12.8 Å². The number of hydrogen-bond acceptors (Lipinski definition) is 5. The summed E-state index contributed by atoms with van der Waals surface area (Å²) in [6.07, 6.45) is 8.80. The average Bonchev–Trinajstić information content (AvgIpc) is 2.98. The molecular formula is C37H36N4O. The molecule has 0 unspecified atom stereocenters. The molecule has 0 saturated heterocycles. The van der Waals surface area contributed by atoms with E-state index in [1.807, 2.05) is 54.9 Å². The molecule has 0 aliphatic heterocycles. The van der Waals surface area contributed by atoms with Crippen molar-refractivity contribution in [3.8, 4) is 28.0 Å². The standard InChI is InChI=1S/C37H36N4O/c1-24-12-13-33(42)35(30-22-27(4)37(28(5)23-30)41-19-15-32-11-7-9-17-39-32)34(24)29-20-25(2)36(26(3)21-29)40-18-14-31-10-6-8-16-38-31/h6-13,16-23,42H,14-15H2,1-5H3. The Balaban J connectivity index is 1.49. The minimum atomic E-state index is 0.258. The molecule has 0 aliphatic carbocycles. The predicted molar refractivity (Wildman–Crippen MR) is 175 cm³/mol. The quantitative estimate of drug-likeness (QED) is 0.195. The molecule has 2 heterocycles. The Morgan fingerprint density at radius 1 is 0.571 bits per heavy atom. The van der Waals surface area contributed by atoms with E-state index in [-0.39, 0.29) is 5.75 Å². The third kappa shape index (κ3) is 6.36. The van der Waals surface area contributed by atoms with E-state index in [2.05, 4.69) is 68.9 Å². The summed E-state index contributed by atoms with van der Waals surface area (Å²) in [5.74, 6) is 0.258. The summed E-state index contributed by atoms with van der Waals surface area (Å²) in [4.78, 5) is 18.4. The lowest BCUT2D eigenvalue weighted by atomic mass is 9.87. The molecule has 5 aromatic rings. The molecule has 3 aromatic carbocycles. The molecule has 5 nitrogen and oxygen atoms in total. The lowest BCUT2D eigenvalue weighted by Gasteiger charge is -2.19. The van der Waals surface area contributed by atoms with Gasteiger partial charge in [0.15, 0.2) is 0 Å². The monoisotopic (exact) mass is 552 g/mol. The number of hydrogen-bond donors (Lipinski definition) is 1. The SMILES string of the molecule is Cc1cc(-c2c(C)ccc(O)c2-c2cc(C)c(N=CCc3ccccn3)c(C)c2)cc(C)c1N=CCc1ccccn1. The van der Waals surface area contributed by atoms with E-state index in [0.717, 1.165) is 72.8 Å². The molecule has 42 heavy (non-hydrogen) atoms. The smallest absolute Gasteiger partial charge is 0.124 e. The van der Waals surface area contributed by atoms with Crippen molar-refractivity contribution in [2.24, 2.45) is 9.98 Å². The van der Waals surface area contributed by atoms with E-state index >= 15 is 0 Å². The van der Waals surface area contributed by atoms with Gasteiger partial charge in [-0.25, -0.2) is 0 Å². The molecule has 5 heteroatoms. The summed E-state index contributed by atoms with van der Waals surface area (Å²) in [7, 11) is 0. The van der Waals surface area contributed by atoms with Crippen molar-refractivity contribution in [2.75, 3.05) is 0 Å². The van der Waals surface area contributed by atoms with Crippen LogP contribution in [0, 0.1) is 34.6 Å². The Bertz CT molecular complexity index is 1600. The zero-order chi connectivity index (χ0) is 29.6. The van der Waals surface area contributed by atoms with Crippen molar-refractivity contribution in [1.82, 2.24) is 9.97 Å². The second kappa shape index (κ2) is 12.7. The Labute approximate surface area is 248 Å². The number of benzene rings is 3. The molecule has 0 spiro atoms. The maximum atomic E-state index is 11.2. The number of nitrogens with zero attached hydrogens (tertiary/aromatic N) is 4. The fourth-order valence-corrected chi connectivity index (χ4v) is 5.47. The second-order valence-corrected chi connectivity index (χ2v) is 10.7. The van der Waals surface area contributed by atoms with Gasteiger partial charge in [0.25, 0.3) is 0 Å². The lowest BCUT2D eigenvalue weighted by molar-refractivity contribution is 0.477. The number of phenolic OH excluding ortho intramolecular Hbond substituents is 1. The maximum absolute atomic E-state index is 11.2. The van der Waals surface area contributed by atoms with Gasteiger partial charge in [0.2, 0.25) is 0 Å². The van der Waals surface area contributed by atoms with Gasteiger partial charge in [-0.1, -0.05) is 18.2 Å². The van der Waals surface area contributed by atoms with Crippen LogP contribution in [0.2, 0.25) is 0 Å². The van der Waals surface area contributed by atoms with Gasteiger partial charge in [-0.3, -0.25) is 20.0 Å². The lowest BCUT2D eigenvalue weighted by Crippen LogP contribution is -1.95. The van der Waals surface area contributed by atoms with E-state index < -0.39 is 0 Å². The highest BCUT2D eigenvalue weighted by atomic mass is 16.3. The summed E-state index contributed by atoms with van der Waals surface area (Å²) in [5.41, 5.74) is 13.1. The Morgan fingerprint density at radius 2 is 1.02 bits per heavy atom. The van der Waals surface area contributed by atoms with Gasteiger partial charge in [0.05, 0.1) is 11.4 Å². The zero-order valence-corrected chi connectivity index (χ0v) is 24.9. The number of aromatic nitrogens is 2. The fraction of sp³-hybridized carbons (Fsp3) is 0.189. The summed E-state index contributed by atoms with van der Waals surface area (Å²) in [6, 6.07) is 24.2. The van der Waals surface area contributed by atoms with Crippen LogP contribution in [0.15, 0.2) is 95.2 Å². The van der Waals surface area contributed by atoms with Crippen LogP contribution < -0.4 is 0 Å². The summed E-state index contributed by atoms with van der Waals surface area (Å²) >= 11 is 0. The van der Waals surface area contributed by atoms with E-state index in [9.17, 15) is 5.11 Å². The van der Waals surface area contributed by atoms with Crippen LogP contribution in [-0.4, -0.2) is 27.5 Å². The largest absolute Gasteiger partial charge is 0.507 e. The highest BCUT2D eigenvalue weighted by Crippen LogP contribution is 2.44. The van der Waals surface area contributed by atoms with Gasteiger partial charge in [-0.2, -0.15) is 0 Å². The number of aromatic hydroxyl groups is 1. The first-order valence-corrected chi connectivity index (χ1v) is 14.2. The number of rotatable bonds is 8. The van der Waals surface area contributed by atoms with Crippen molar-refractivity contribution in [3.05, 3.63) is 124 Å². The number of aliphatic imine (C=N–C) groups is 2. The van der Waals surface area contributed by atoms with Gasteiger partial charge in [0, 0.05) is 54.6 Å². The number of pyridine rings is 2. The van der Waals surface area contributed by atoms with Gasteiger partial charge in [0.1, 0.15) is 5.75 Å². The molecule has 0 aliphatic rings. The second-order valence-electron chi connectivity index (χ2n) is 10.7. The number of aryl methyl sites for hydroxylation is 5. The fourth-order valence-electron chi connectivity index (χ4n) is 5.47. The van der Waals surface area contributed by atoms with Crippen LogP contribution in [0.3, 0.4) is 0 Å². The van der Waals surface area contributed by atoms with E-state index in [4.69, 9.17) is 9.98 Å².